The van der Waals surface area contributed by atoms with E-state index < -0.39 is 11.7 Å². The van der Waals surface area contributed by atoms with E-state index in [0.29, 0.717) is 6.42 Å². The molecule has 0 fully saturated rings. The molecule has 2 rings (SSSR count). The van der Waals surface area contributed by atoms with Crippen molar-refractivity contribution in [2.24, 2.45) is 0 Å². The van der Waals surface area contributed by atoms with Crippen molar-refractivity contribution in [2.75, 3.05) is 12.3 Å². The molecule has 0 radical (unpaired) electrons. The Morgan fingerprint density at radius 1 is 1.61 bits per heavy atom. The van der Waals surface area contributed by atoms with Gasteiger partial charge in [0.05, 0.1) is 6.61 Å². The number of H-pyrrole nitrogens is 1. The summed E-state index contributed by atoms with van der Waals surface area (Å²) in [4.78, 5) is 21.3. The molecule has 0 aliphatic rings. The topological polar surface area (TPSA) is 139 Å². The molecular formula is C9H13N5O4. The second-order valence-electron chi connectivity index (χ2n) is 3.66. The second-order valence-corrected chi connectivity index (χ2v) is 3.66. The van der Waals surface area contributed by atoms with E-state index in [1.165, 1.54) is 0 Å². The van der Waals surface area contributed by atoms with Crippen molar-refractivity contribution >= 4 is 17.1 Å². The number of rotatable bonds is 4. The highest BCUT2D eigenvalue weighted by Gasteiger charge is 2.30. The molecule has 2 aromatic heterocycles. The van der Waals surface area contributed by atoms with E-state index in [9.17, 15) is 15.0 Å². The van der Waals surface area contributed by atoms with Gasteiger partial charge in [-0.15, -0.1) is 0 Å². The maximum absolute atomic E-state index is 11.5. The highest BCUT2D eigenvalue weighted by molar-refractivity contribution is 5.70. The fraction of sp³-hybridized carbons (Fsp3) is 0.444. The van der Waals surface area contributed by atoms with Crippen LogP contribution in [0.3, 0.4) is 0 Å². The van der Waals surface area contributed by atoms with E-state index in [-0.39, 0.29) is 23.7 Å². The van der Waals surface area contributed by atoms with Crippen molar-refractivity contribution in [3.8, 4) is 0 Å². The van der Waals surface area contributed by atoms with Crippen molar-refractivity contribution in [3.05, 3.63) is 16.7 Å². The first-order valence-corrected chi connectivity index (χ1v) is 5.27. The number of hydrogen-bond acceptors (Lipinski definition) is 7. The van der Waals surface area contributed by atoms with Crippen molar-refractivity contribution in [1.29, 1.82) is 0 Å². The molecule has 9 heteroatoms. The zero-order chi connectivity index (χ0) is 13.3. The van der Waals surface area contributed by atoms with Gasteiger partial charge >= 0.3 is 6.10 Å². The summed E-state index contributed by atoms with van der Waals surface area (Å²) in [6.45, 7) is 1.92. The molecule has 0 saturated carbocycles. The van der Waals surface area contributed by atoms with E-state index in [0.717, 1.165) is 10.9 Å². The molecule has 0 spiro atoms. The van der Waals surface area contributed by atoms with E-state index >= 15 is 0 Å². The highest BCUT2D eigenvalue weighted by atomic mass is 16.8. The third-order valence-corrected chi connectivity index (χ3v) is 2.24. The smallest absolute Gasteiger partial charge is 0.369 e. The van der Waals surface area contributed by atoms with Gasteiger partial charge < -0.3 is 20.7 Å². The number of aromatic amines is 1. The van der Waals surface area contributed by atoms with Crippen LogP contribution in [0.5, 0.6) is 0 Å². The number of nitrogens with two attached hydrogens (primary N) is 1. The summed E-state index contributed by atoms with van der Waals surface area (Å²) >= 11 is 0. The average molecular weight is 255 g/mol. The van der Waals surface area contributed by atoms with Crippen LogP contribution in [0.2, 0.25) is 0 Å². The lowest BCUT2D eigenvalue weighted by Gasteiger charge is -2.22. The maximum Gasteiger partial charge on any atom is 0.378 e. The third-order valence-electron chi connectivity index (χ3n) is 2.24. The van der Waals surface area contributed by atoms with Gasteiger partial charge in [-0.2, -0.15) is 4.98 Å². The Kier molecular flexibility index (Phi) is 3.03. The summed E-state index contributed by atoms with van der Waals surface area (Å²) in [7, 11) is 0. The lowest BCUT2D eigenvalue weighted by atomic mass is 10.5. The van der Waals surface area contributed by atoms with Gasteiger partial charge in [-0.1, -0.05) is 6.92 Å². The van der Waals surface area contributed by atoms with Crippen LogP contribution in [0.1, 0.15) is 13.3 Å². The monoisotopic (exact) mass is 255 g/mol. The van der Waals surface area contributed by atoms with Gasteiger partial charge in [-0.25, -0.2) is 9.55 Å². The summed E-state index contributed by atoms with van der Waals surface area (Å²) in [6.07, 6.45) is -0.994. The normalized spacial score (nSPS) is 12.2. The Morgan fingerprint density at radius 2 is 2.33 bits per heavy atom. The van der Waals surface area contributed by atoms with Crippen LogP contribution >= 0.6 is 0 Å². The first-order chi connectivity index (χ1) is 8.45. The summed E-state index contributed by atoms with van der Waals surface area (Å²) in [5, 5.41) is 19.5. The molecule has 9 nitrogen and oxygen atoms in total. The molecule has 18 heavy (non-hydrogen) atoms. The molecule has 0 aliphatic carbocycles. The SMILES string of the molecule is CCCOC(O)(O)n1cnc2c(=O)[nH]c(N)nc21. The average Bonchev–Trinajstić information content (AvgIpc) is 2.71. The van der Waals surface area contributed by atoms with Gasteiger partial charge in [0.15, 0.2) is 11.2 Å². The van der Waals surface area contributed by atoms with E-state index in [1.54, 1.807) is 0 Å². The standard InChI is InChI=1S/C9H13N5O4/c1-2-3-18-9(16,17)14-4-11-5-6(14)12-8(10)13-7(5)15/h4,16-17H,2-3H2,1H3,(H3,10,12,13,15). The van der Waals surface area contributed by atoms with Gasteiger partial charge in [0.25, 0.3) is 5.56 Å². The zero-order valence-corrected chi connectivity index (χ0v) is 9.62. The lowest BCUT2D eigenvalue weighted by Crippen LogP contribution is -2.36. The summed E-state index contributed by atoms with van der Waals surface area (Å²) in [6, 6.07) is 0. The summed E-state index contributed by atoms with van der Waals surface area (Å²) in [5.74, 6) is -0.152. The predicted octanol–water partition coefficient (Wildman–Crippen LogP) is -1.32. The number of hydrogen-bond donors (Lipinski definition) is 4. The molecule has 5 N–H and O–H groups in total. The number of imidazole rings is 1. The van der Waals surface area contributed by atoms with Crippen LogP contribution in [-0.2, 0) is 10.8 Å². The maximum atomic E-state index is 11.5. The number of nitrogen functional groups attached to an aromatic ring is 1. The zero-order valence-electron chi connectivity index (χ0n) is 9.62. The number of aromatic nitrogens is 4. The highest BCUT2D eigenvalue weighted by Crippen LogP contribution is 2.17. The van der Waals surface area contributed by atoms with Crippen LogP contribution in [0.15, 0.2) is 11.1 Å². The number of nitrogens with one attached hydrogen (secondary N) is 1. The van der Waals surface area contributed by atoms with Crippen molar-refractivity contribution in [1.82, 2.24) is 19.5 Å². The minimum absolute atomic E-state index is 0.0585. The Labute approximate surface area is 101 Å². The van der Waals surface area contributed by atoms with Gasteiger partial charge in [-0.05, 0) is 6.42 Å². The first-order valence-electron chi connectivity index (χ1n) is 5.27. The van der Waals surface area contributed by atoms with Gasteiger partial charge in [-0.3, -0.25) is 9.78 Å². The molecule has 0 atom stereocenters. The fourth-order valence-corrected chi connectivity index (χ4v) is 1.45. The summed E-state index contributed by atoms with van der Waals surface area (Å²) in [5.41, 5.74) is 4.69. The minimum atomic E-state index is -2.63. The van der Waals surface area contributed by atoms with Crippen LogP contribution < -0.4 is 11.3 Å². The van der Waals surface area contributed by atoms with Crippen molar-refractivity contribution in [2.45, 2.75) is 19.4 Å². The van der Waals surface area contributed by atoms with Crippen LogP contribution in [0, 0.1) is 0 Å². The minimum Gasteiger partial charge on any atom is -0.369 e. The van der Waals surface area contributed by atoms with Crippen LogP contribution in [0.4, 0.5) is 5.95 Å². The molecule has 2 aromatic rings. The molecular weight excluding hydrogens is 242 g/mol. The number of anilines is 1. The van der Waals surface area contributed by atoms with Gasteiger partial charge in [0.2, 0.25) is 5.95 Å². The van der Waals surface area contributed by atoms with Crippen molar-refractivity contribution in [3.63, 3.8) is 0 Å². The summed E-state index contributed by atoms with van der Waals surface area (Å²) < 4.78 is 5.67. The van der Waals surface area contributed by atoms with Crippen LogP contribution in [-0.4, -0.2) is 36.3 Å². The van der Waals surface area contributed by atoms with Crippen LogP contribution in [0.25, 0.3) is 11.2 Å². The Morgan fingerprint density at radius 3 is 3.00 bits per heavy atom. The van der Waals surface area contributed by atoms with Gasteiger partial charge in [0, 0.05) is 0 Å². The largest absolute Gasteiger partial charge is 0.378 e. The fourth-order valence-electron chi connectivity index (χ4n) is 1.45. The molecule has 0 bridgehead atoms. The number of ether oxygens (including phenoxy) is 1. The number of nitrogens with zero attached hydrogens (tertiary/aromatic N) is 3. The first kappa shape index (κ1) is 12.5. The van der Waals surface area contributed by atoms with Crippen molar-refractivity contribution < 1.29 is 14.9 Å². The third kappa shape index (κ3) is 2.06. The Hall–Kier alpha value is -1.97. The molecule has 0 saturated heterocycles. The Balaban J connectivity index is 2.55. The molecule has 0 aromatic carbocycles. The molecule has 0 amide bonds. The van der Waals surface area contributed by atoms with E-state index in [2.05, 4.69) is 15.0 Å². The second kappa shape index (κ2) is 4.37. The number of fused-ring (bicyclic) bond motifs is 1. The molecule has 0 unspecified atom stereocenters. The molecule has 2 heterocycles. The van der Waals surface area contributed by atoms with E-state index in [1.807, 2.05) is 6.92 Å². The van der Waals surface area contributed by atoms with E-state index in [4.69, 9.17) is 10.5 Å². The Bertz CT molecular complexity index is 617. The molecule has 98 valence electrons. The lowest BCUT2D eigenvalue weighted by molar-refractivity contribution is -0.396. The van der Waals surface area contributed by atoms with Gasteiger partial charge in [0.1, 0.15) is 6.33 Å². The quantitative estimate of drug-likeness (QED) is 0.497. The predicted molar refractivity (Wildman–Crippen MR) is 61.2 cm³/mol. The molecule has 0 aliphatic heterocycles. The number of aliphatic hydroxyl groups is 2.